The predicted molar refractivity (Wildman–Crippen MR) is 77.8 cm³/mol. The molecule has 0 saturated carbocycles. The van der Waals surface area contributed by atoms with Crippen LogP contribution in [0.2, 0.25) is 0 Å². The number of methoxy groups -OCH3 is 1. The second-order valence-electron chi connectivity index (χ2n) is 4.42. The number of aryl methyl sites for hydroxylation is 2. The number of carbonyl (C=O) groups is 2. The van der Waals surface area contributed by atoms with Gasteiger partial charge in [0.05, 0.1) is 13.2 Å². The zero-order valence-corrected chi connectivity index (χ0v) is 12.1. The van der Waals surface area contributed by atoms with Gasteiger partial charge in [0, 0.05) is 19.3 Å². The van der Waals surface area contributed by atoms with Crippen molar-refractivity contribution in [3.63, 3.8) is 0 Å². The van der Waals surface area contributed by atoms with Crippen LogP contribution in [0.25, 0.3) is 0 Å². The predicted octanol–water partition coefficient (Wildman–Crippen LogP) is 1.19. The fourth-order valence-corrected chi connectivity index (χ4v) is 1.68. The van der Waals surface area contributed by atoms with Crippen LogP contribution < -0.4 is 16.0 Å². The van der Waals surface area contributed by atoms with Crippen molar-refractivity contribution in [1.82, 2.24) is 10.6 Å². The molecule has 6 heteroatoms. The summed E-state index contributed by atoms with van der Waals surface area (Å²) in [7, 11) is 1.56. The molecule has 0 spiro atoms. The Balaban J connectivity index is 2.39. The quantitative estimate of drug-likeness (QED) is 0.684. The van der Waals surface area contributed by atoms with Crippen molar-refractivity contribution in [2.45, 2.75) is 13.8 Å². The van der Waals surface area contributed by atoms with Crippen LogP contribution in [0.4, 0.5) is 10.5 Å². The molecule has 0 saturated heterocycles. The second kappa shape index (κ2) is 8.16. The molecule has 0 aliphatic heterocycles. The van der Waals surface area contributed by atoms with Gasteiger partial charge >= 0.3 is 6.03 Å². The molecule has 20 heavy (non-hydrogen) atoms. The van der Waals surface area contributed by atoms with E-state index in [1.807, 2.05) is 32.0 Å². The van der Waals surface area contributed by atoms with Crippen molar-refractivity contribution in [3.05, 3.63) is 29.3 Å². The monoisotopic (exact) mass is 279 g/mol. The molecular weight excluding hydrogens is 258 g/mol. The summed E-state index contributed by atoms with van der Waals surface area (Å²) in [4.78, 5) is 23.1. The molecule has 1 aromatic rings. The van der Waals surface area contributed by atoms with Crippen LogP contribution in [0.1, 0.15) is 11.1 Å². The Morgan fingerprint density at radius 2 is 1.80 bits per heavy atom. The van der Waals surface area contributed by atoms with Crippen LogP contribution >= 0.6 is 0 Å². The van der Waals surface area contributed by atoms with E-state index in [0.29, 0.717) is 13.2 Å². The maximum Gasteiger partial charge on any atom is 0.319 e. The molecule has 0 fully saturated rings. The lowest BCUT2D eigenvalue weighted by Gasteiger charge is -2.12. The van der Waals surface area contributed by atoms with Gasteiger partial charge in [0.1, 0.15) is 0 Å². The largest absolute Gasteiger partial charge is 0.383 e. The van der Waals surface area contributed by atoms with Crippen LogP contribution in [0.15, 0.2) is 18.2 Å². The van der Waals surface area contributed by atoms with E-state index in [-0.39, 0.29) is 12.5 Å². The molecule has 0 radical (unpaired) electrons. The number of anilines is 1. The lowest BCUT2D eigenvalue weighted by Crippen LogP contribution is -2.40. The first-order valence-electron chi connectivity index (χ1n) is 6.41. The molecule has 0 aliphatic rings. The van der Waals surface area contributed by atoms with Crippen molar-refractivity contribution < 1.29 is 14.3 Å². The molecule has 1 aromatic carbocycles. The standard InChI is InChI=1S/C14H21N3O3/c1-10-5-4-6-11(2)13(10)17-14(19)16-9-12(18)15-7-8-20-3/h4-6H,7-9H2,1-3H3,(H,15,18)(H2,16,17,19). The van der Waals surface area contributed by atoms with Gasteiger partial charge in [-0.05, 0) is 25.0 Å². The Morgan fingerprint density at radius 1 is 1.15 bits per heavy atom. The maximum absolute atomic E-state index is 11.7. The van der Waals surface area contributed by atoms with Gasteiger partial charge in [0.2, 0.25) is 5.91 Å². The number of ether oxygens (including phenoxy) is 1. The fourth-order valence-electron chi connectivity index (χ4n) is 1.68. The van der Waals surface area contributed by atoms with Gasteiger partial charge in [-0.3, -0.25) is 4.79 Å². The molecule has 3 N–H and O–H groups in total. The van der Waals surface area contributed by atoms with Crippen LogP contribution in [-0.4, -0.2) is 38.7 Å². The Labute approximate surface area is 118 Å². The number of hydrogen-bond donors (Lipinski definition) is 3. The summed E-state index contributed by atoms with van der Waals surface area (Å²) in [5, 5.41) is 7.87. The topological polar surface area (TPSA) is 79.5 Å². The minimum Gasteiger partial charge on any atom is -0.383 e. The highest BCUT2D eigenvalue weighted by Crippen LogP contribution is 2.18. The van der Waals surface area contributed by atoms with Gasteiger partial charge < -0.3 is 20.7 Å². The summed E-state index contributed by atoms with van der Waals surface area (Å²) in [5.41, 5.74) is 2.72. The zero-order valence-electron chi connectivity index (χ0n) is 12.1. The van der Waals surface area contributed by atoms with Crippen LogP contribution in [0.3, 0.4) is 0 Å². The molecular formula is C14H21N3O3. The lowest BCUT2D eigenvalue weighted by molar-refractivity contribution is -0.120. The van der Waals surface area contributed by atoms with Gasteiger partial charge in [0.25, 0.3) is 0 Å². The van der Waals surface area contributed by atoms with Gasteiger partial charge in [0.15, 0.2) is 0 Å². The van der Waals surface area contributed by atoms with Crippen molar-refractivity contribution in [2.75, 3.05) is 32.1 Å². The van der Waals surface area contributed by atoms with Gasteiger partial charge in [-0.1, -0.05) is 18.2 Å². The number of amides is 3. The average molecular weight is 279 g/mol. The zero-order chi connectivity index (χ0) is 15.0. The highest BCUT2D eigenvalue weighted by molar-refractivity contribution is 5.93. The van der Waals surface area contributed by atoms with Gasteiger partial charge in [-0.2, -0.15) is 0 Å². The van der Waals surface area contributed by atoms with Crippen LogP contribution in [0.5, 0.6) is 0 Å². The van der Waals surface area contributed by atoms with Crippen LogP contribution in [0, 0.1) is 13.8 Å². The SMILES string of the molecule is COCCNC(=O)CNC(=O)Nc1c(C)cccc1C. The molecule has 0 atom stereocenters. The summed E-state index contributed by atoms with van der Waals surface area (Å²) in [6, 6.07) is 5.36. The average Bonchev–Trinajstić information content (AvgIpc) is 2.41. The van der Waals surface area contributed by atoms with E-state index in [0.717, 1.165) is 16.8 Å². The van der Waals surface area contributed by atoms with Gasteiger partial charge in [-0.25, -0.2) is 4.79 Å². The molecule has 0 bridgehead atoms. The molecule has 110 valence electrons. The highest BCUT2D eigenvalue weighted by atomic mass is 16.5. The second-order valence-corrected chi connectivity index (χ2v) is 4.42. The molecule has 0 heterocycles. The van der Waals surface area contributed by atoms with Crippen LogP contribution in [-0.2, 0) is 9.53 Å². The number of urea groups is 1. The molecule has 0 unspecified atom stereocenters. The lowest BCUT2D eigenvalue weighted by atomic mass is 10.1. The summed E-state index contributed by atoms with van der Waals surface area (Å²) in [6.45, 7) is 4.64. The normalized spacial score (nSPS) is 9.95. The van der Waals surface area contributed by atoms with E-state index in [4.69, 9.17) is 4.74 Å². The number of benzene rings is 1. The first kappa shape index (κ1) is 16.0. The summed E-state index contributed by atoms with van der Waals surface area (Å²) in [5.74, 6) is -0.251. The minimum absolute atomic E-state index is 0.0690. The van der Waals surface area contributed by atoms with E-state index in [1.54, 1.807) is 7.11 Å². The number of carbonyl (C=O) groups excluding carboxylic acids is 2. The first-order valence-corrected chi connectivity index (χ1v) is 6.41. The first-order chi connectivity index (χ1) is 9.54. The Bertz CT molecular complexity index is 454. The Kier molecular flexibility index (Phi) is 6.52. The molecule has 6 nitrogen and oxygen atoms in total. The minimum atomic E-state index is -0.399. The number of nitrogens with one attached hydrogen (secondary N) is 3. The van der Waals surface area contributed by atoms with Gasteiger partial charge in [-0.15, -0.1) is 0 Å². The molecule has 1 rings (SSSR count). The van der Waals surface area contributed by atoms with Crippen molar-refractivity contribution >= 4 is 17.6 Å². The van der Waals surface area contributed by atoms with E-state index in [1.165, 1.54) is 0 Å². The van der Waals surface area contributed by atoms with Crippen molar-refractivity contribution in [3.8, 4) is 0 Å². The Morgan fingerprint density at radius 3 is 2.40 bits per heavy atom. The highest BCUT2D eigenvalue weighted by Gasteiger charge is 2.08. The van der Waals surface area contributed by atoms with Crippen molar-refractivity contribution in [1.29, 1.82) is 0 Å². The number of hydrogen-bond acceptors (Lipinski definition) is 3. The molecule has 0 aliphatic carbocycles. The molecule has 0 aromatic heterocycles. The smallest absolute Gasteiger partial charge is 0.319 e. The van der Waals surface area contributed by atoms with E-state index < -0.39 is 6.03 Å². The molecule has 3 amide bonds. The number of rotatable bonds is 6. The van der Waals surface area contributed by atoms with Crippen molar-refractivity contribution in [2.24, 2.45) is 0 Å². The third-order valence-corrected chi connectivity index (χ3v) is 2.76. The van der Waals surface area contributed by atoms with E-state index in [2.05, 4.69) is 16.0 Å². The summed E-state index contributed by atoms with van der Waals surface area (Å²) < 4.78 is 4.81. The summed E-state index contributed by atoms with van der Waals surface area (Å²) >= 11 is 0. The summed E-state index contributed by atoms with van der Waals surface area (Å²) in [6.07, 6.45) is 0. The van der Waals surface area contributed by atoms with E-state index >= 15 is 0 Å². The third-order valence-electron chi connectivity index (χ3n) is 2.76. The fraction of sp³-hybridized carbons (Fsp3) is 0.429. The number of para-hydroxylation sites is 1. The Hall–Kier alpha value is -2.08. The third kappa shape index (κ3) is 5.27. The maximum atomic E-state index is 11.7. The van der Waals surface area contributed by atoms with E-state index in [9.17, 15) is 9.59 Å².